The quantitative estimate of drug-likeness (QED) is 0.809. The number of hydrogen-bond donors (Lipinski definition) is 1. The molecule has 0 saturated carbocycles. The number of methoxy groups -OCH3 is 1. The summed E-state index contributed by atoms with van der Waals surface area (Å²) in [5, 5.41) is 8.72. The van der Waals surface area contributed by atoms with Gasteiger partial charge in [0.05, 0.1) is 17.9 Å². The van der Waals surface area contributed by atoms with E-state index in [0.29, 0.717) is 16.4 Å². The van der Waals surface area contributed by atoms with E-state index >= 15 is 0 Å². The zero-order valence-electron chi connectivity index (χ0n) is 9.07. The van der Waals surface area contributed by atoms with Gasteiger partial charge in [-0.15, -0.1) is 11.8 Å². The molecule has 0 heterocycles. The molecule has 0 fully saturated rings. The van der Waals surface area contributed by atoms with Gasteiger partial charge in [0.1, 0.15) is 11.6 Å². The maximum absolute atomic E-state index is 13.0. The van der Waals surface area contributed by atoms with Crippen LogP contribution < -0.4 is 4.74 Å². The molecule has 0 aliphatic carbocycles. The van der Waals surface area contributed by atoms with E-state index in [4.69, 9.17) is 9.84 Å². The van der Waals surface area contributed by atoms with Gasteiger partial charge in [-0.05, 0) is 18.2 Å². The maximum Gasteiger partial charge on any atom is 0.307 e. The first-order valence-corrected chi connectivity index (χ1v) is 5.72. The van der Waals surface area contributed by atoms with Crippen LogP contribution in [-0.2, 0) is 4.79 Å². The molecule has 0 aromatic heterocycles. The van der Waals surface area contributed by atoms with Crippen molar-refractivity contribution in [3.05, 3.63) is 24.0 Å². The molecule has 1 atom stereocenters. The first-order chi connectivity index (χ1) is 7.54. The molecule has 3 nitrogen and oxygen atoms in total. The van der Waals surface area contributed by atoms with Crippen molar-refractivity contribution in [2.24, 2.45) is 5.92 Å². The maximum atomic E-state index is 13.0. The smallest absolute Gasteiger partial charge is 0.307 e. The minimum Gasteiger partial charge on any atom is -0.496 e. The van der Waals surface area contributed by atoms with Crippen LogP contribution in [0.5, 0.6) is 5.75 Å². The average Bonchev–Trinajstić information content (AvgIpc) is 2.25. The lowest BCUT2D eigenvalue weighted by Crippen LogP contribution is -2.11. The van der Waals surface area contributed by atoms with E-state index in [9.17, 15) is 9.18 Å². The second kappa shape index (κ2) is 5.75. The monoisotopic (exact) mass is 244 g/mol. The van der Waals surface area contributed by atoms with E-state index in [1.807, 2.05) is 0 Å². The number of rotatable bonds is 5. The van der Waals surface area contributed by atoms with Gasteiger partial charge in [0.25, 0.3) is 0 Å². The molecule has 88 valence electrons. The lowest BCUT2D eigenvalue weighted by Gasteiger charge is -2.09. The number of benzene rings is 1. The number of hydrogen-bond acceptors (Lipinski definition) is 3. The second-order valence-electron chi connectivity index (χ2n) is 3.35. The third kappa shape index (κ3) is 3.41. The number of ether oxygens (including phenoxy) is 1. The van der Waals surface area contributed by atoms with E-state index in [0.717, 1.165) is 0 Å². The van der Waals surface area contributed by atoms with Gasteiger partial charge in [0.15, 0.2) is 0 Å². The van der Waals surface area contributed by atoms with Crippen molar-refractivity contribution in [2.45, 2.75) is 11.8 Å². The van der Waals surface area contributed by atoms with Crippen LogP contribution in [0, 0.1) is 11.7 Å². The van der Waals surface area contributed by atoms with Crippen molar-refractivity contribution >= 4 is 17.7 Å². The Balaban J connectivity index is 2.72. The summed E-state index contributed by atoms with van der Waals surface area (Å²) >= 11 is 1.28. The Hall–Kier alpha value is -1.23. The summed E-state index contributed by atoms with van der Waals surface area (Å²) in [6, 6.07) is 4.19. The largest absolute Gasteiger partial charge is 0.496 e. The molecular formula is C11H13FO3S. The van der Waals surface area contributed by atoms with Crippen molar-refractivity contribution in [1.29, 1.82) is 0 Å². The molecule has 16 heavy (non-hydrogen) atoms. The molecule has 0 saturated heterocycles. The van der Waals surface area contributed by atoms with Crippen molar-refractivity contribution in [2.75, 3.05) is 12.9 Å². The molecule has 0 spiro atoms. The Morgan fingerprint density at radius 2 is 2.31 bits per heavy atom. The topological polar surface area (TPSA) is 46.5 Å². The van der Waals surface area contributed by atoms with E-state index < -0.39 is 11.9 Å². The van der Waals surface area contributed by atoms with Crippen LogP contribution in [0.2, 0.25) is 0 Å². The third-order valence-electron chi connectivity index (χ3n) is 2.04. The summed E-state index contributed by atoms with van der Waals surface area (Å²) in [7, 11) is 1.50. The highest BCUT2D eigenvalue weighted by Gasteiger charge is 2.13. The Labute approximate surface area is 97.6 Å². The van der Waals surface area contributed by atoms with Gasteiger partial charge in [-0.1, -0.05) is 6.92 Å². The first kappa shape index (κ1) is 12.8. The van der Waals surface area contributed by atoms with Gasteiger partial charge < -0.3 is 9.84 Å². The van der Waals surface area contributed by atoms with Crippen LogP contribution >= 0.6 is 11.8 Å². The minimum atomic E-state index is -0.858. The highest BCUT2D eigenvalue weighted by atomic mass is 32.2. The lowest BCUT2D eigenvalue weighted by molar-refractivity contribution is -0.140. The van der Waals surface area contributed by atoms with Crippen molar-refractivity contribution in [3.8, 4) is 5.75 Å². The van der Waals surface area contributed by atoms with E-state index in [1.165, 1.54) is 37.1 Å². The normalized spacial score (nSPS) is 12.2. The molecule has 0 radical (unpaired) electrons. The summed E-state index contributed by atoms with van der Waals surface area (Å²) in [4.78, 5) is 11.2. The molecule has 0 bridgehead atoms. The van der Waals surface area contributed by atoms with Crippen LogP contribution in [0.4, 0.5) is 4.39 Å². The molecule has 1 aromatic carbocycles. The van der Waals surface area contributed by atoms with Gasteiger partial charge in [-0.3, -0.25) is 4.79 Å². The zero-order chi connectivity index (χ0) is 12.1. The lowest BCUT2D eigenvalue weighted by atomic mass is 10.2. The van der Waals surface area contributed by atoms with E-state index in [1.54, 1.807) is 6.92 Å². The number of carboxylic acid groups (broad SMARTS) is 1. The van der Waals surface area contributed by atoms with Crippen molar-refractivity contribution < 1.29 is 19.0 Å². The van der Waals surface area contributed by atoms with Crippen LogP contribution in [0.25, 0.3) is 0 Å². The van der Waals surface area contributed by atoms with Crippen molar-refractivity contribution in [3.63, 3.8) is 0 Å². The molecule has 1 unspecified atom stereocenters. The van der Waals surface area contributed by atoms with Gasteiger partial charge in [-0.2, -0.15) is 0 Å². The highest BCUT2D eigenvalue weighted by Crippen LogP contribution is 2.31. The Kier molecular flexibility index (Phi) is 4.61. The van der Waals surface area contributed by atoms with Gasteiger partial charge in [0.2, 0.25) is 0 Å². The van der Waals surface area contributed by atoms with Crippen LogP contribution in [0.15, 0.2) is 23.1 Å². The van der Waals surface area contributed by atoms with E-state index in [2.05, 4.69) is 0 Å². The summed E-state index contributed by atoms with van der Waals surface area (Å²) in [5.74, 6) is -0.745. The molecular weight excluding hydrogens is 231 g/mol. The number of halogens is 1. The minimum absolute atomic E-state index is 0.355. The second-order valence-corrected chi connectivity index (χ2v) is 4.41. The fourth-order valence-corrected chi connectivity index (χ4v) is 2.11. The van der Waals surface area contributed by atoms with Gasteiger partial charge in [-0.25, -0.2) is 4.39 Å². The number of carbonyl (C=O) groups is 1. The van der Waals surface area contributed by atoms with Gasteiger partial charge in [0, 0.05) is 5.75 Å². The average molecular weight is 244 g/mol. The predicted octanol–water partition coefficient (Wildman–Crippen LogP) is 2.65. The van der Waals surface area contributed by atoms with Crippen molar-refractivity contribution in [1.82, 2.24) is 0 Å². The Bertz CT molecular complexity index is 381. The van der Waals surface area contributed by atoms with Crippen LogP contribution in [0.1, 0.15) is 6.92 Å². The molecule has 1 rings (SSSR count). The fourth-order valence-electron chi connectivity index (χ4n) is 1.05. The van der Waals surface area contributed by atoms with Crippen LogP contribution in [-0.4, -0.2) is 23.9 Å². The first-order valence-electron chi connectivity index (χ1n) is 4.73. The summed E-state index contributed by atoms with van der Waals surface area (Å²) in [5.41, 5.74) is 0. The summed E-state index contributed by atoms with van der Waals surface area (Å²) < 4.78 is 18.0. The number of aliphatic carboxylic acids is 1. The van der Waals surface area contributed by atoms with E-state index in [-0.39, 0.29) is 5.82 Å². The number of thioether (sulfide) groups is 1. The molecule has 0 aliphatic heterocycles. The Morgan fingerprint density at radius 1 is 1.62 bits per heavy atom. The Morgan fingerprint density at radius 3 is 2.88 bits per heavy atom. The summed E-state index contributed by atoms with van der Waals surface area (Å²) in [6.07, 6.45) is 0. The van der Waals surface area contributed by atoms with Crippen LogP contribution in [0.3, 0.4) is 0 Å². The van der Waals surface area contributed by atoms with Gasteiger partial charge >= 0.3 is 5.97 Å². The summed E-state index contributed by atoms with van der Waals surface area (Å²) in [6.45, 7) is 1.61. The highest BCUT2D eigenvalue weighted by molar-refractivity contribution is 7.99. The standard InChI is InChI=1S/C11H13FO3S/c1-7(11(13)14)6-16-10-5-8(12)3-4-9(10)15-2/h3-5,7H,6H2,1-2H3,(H,13,14). The molecule has 0 aliphatic rings. The SMILES string of the molecule is COc1ccc(F)cc1SCC(C)C(=O)O. The fraction of sp³-hybridized carbons (Fsp3) is 0.364. The molecule has 5 heteroatoms. The number of carboxylic acids is 1. The zero-order valence-corrected chi connectivity index (χ0v) is 9.88. The molecule has 1 aromatic rings. The molecule has 0 amide bonds. The third-order valence-corrected chi connectivity index (χ3v) is 3.33. The molecule has 1 N–H and O–H groups in total. The predicted molar refractivity (Wildman–Crippen MR) is 60.5 cm³/mol.